The zero-order valence-electron chi connectivity index (χ0n) is 13.6. The minimum atomic E-state index is 0. The number of rotatable bonds is 6. The van der Waals surface area contributed by atoms with Crippen LogP contribution in [0.5, 0.6) is 0 Å². The molecule has 2 aromatic rings. The Morgan fingerprint density at radius 1 is 1.42 bits per heavy atom. The zero-order valence-corrected chi connectivity index (χ0v) is 16.8. The molecule has 1 saturated heterocycles. The standard InChI is InChI=1S/C16H21N3OS2.2ClH/c1-2-7-19(13-5-6-17-10-13)15(20)9-12-11-22-16(18-12)14-4-3-8-21-14;;/h3-4,8,11,13,17H,2,5-7,9-10H2,1H3;2*1H. The lowest BCUT2D eigenvalue weighted by molar-refractivity contribution is -0.132. The van der Waals surface area contributed by atoms with E-state index in [2.05, 4.69) is 28.7 Å². The summed E-state index contributed by atoms with van der Waals surface area (Å²) in [4.78, 5) is 20.5. The van der Waals surface area contributed by atoms with Gasteiger partial charge in [-0.15, -0.1) is 47.5 Å². The molecule has 3 heterocycles. The van der Waals surface area contributed by atoms with Crippen LogP contribution < -0.4 is 5.32 Å². The molecule has 3 rings (SSSR count). The number of aromatic nitrogens is 1. The van der Waals surface area contributed by atoms with Crippen LogP contribution in [0.1, 0.15) is 25.5 Å². The lowest BCUT2D eigenvalue weighted by Crippen LogP contribution is -2.42. The first-order valence-electron chi connectivity index (χ1n) is 7.76. The lowest BCUT2D eigenvalue weighted by atomic mass is 10.2. The number of nitrogens with zero attached hydrogens (tertiary/aromatic N) is 2. The predicted molar refractivity (Wildman–Crippen MR) is 107 cm³/mol. The van der Waals surface area contributed by atoms with Gasteiger partial charge in [0.2, 0.25) is 5.91 Å². The van der Waals surface area contributed by atoms with E-state index >= 15 is 0 Å². The molecule has 4 nitrogen and oxygen atoms in total. The summed E-state index contributed by atoms with van der Waals surface area (Å²) in [5.74, 6) is 0.207. The van der Waals surface area contributed by atoms with E-state index in [0.717, 1.165) is 43.2 Å². The molecule has 1 atom stereocenters. The van der Waals surface area contributed by atoms with Crippen molar-refractivity contribution in [1.29, 1.82) is 0 Å². The quantitative estimate of drug-likeness (QED) is 0.790. The van der Waals surface area contributed by atoms with Crippen molar-refractivity contribution in [2.24, 2.45) is 0 Å². The normalized spacial score (nSPS) is 16.3. The SMILES string of the molecule is CCCN(C(=O)Cc1csc(-c2cccs2)n1)C1CCNC1.Cl.Cl. The fraction of sp³-hybridized carbons (Fsp3) is 0.500. The maximum Gasteiger partial charge on any atom is 0.228 e. The van der Waals surface area contributed by atoms with E-state index in [-0.39, 0.29) is 30.7 Å². The Morgan fingerprint density at radius 2 is 2.25 bits per heavy atom. The van der Waals surface area contributed by atoms with Gasteiger partial charge in [-0.25, -0.2) is 4.98 Å². The number of thiophene rings is 1. The summed E-state index contributed by atoms with van der Waals surface area (Å²) in [5.41, 5.74) is 0.894. The molecule has 134 valence electrons. The number of carbonyl (C=O) groups is 1. The second-order valence-corrected chi connectivity index (χ2v) is 7.34. The summed E-state index contributed by atoms with van der Waals surface area (Å²) >= 11 is 3.31. The van der Waals surface area contributed by atoms with Gasteiger partial charge in [0.05, 0.1) is 17.0 Å². The third kappa shape index (κ3) is 5.17. The molecule has 1 amide bonds. The largest absolute Gasteiger partial charge is 0.338 e. The van der Waals surface area contributed by atoms with Gasteiger partial charge in [0.1, 0.15) is 5.01 Å². The Hall–Kier alpha value is -0.660. The molecule has 1 unspecified atom stereocenters. The van der Waals surface area contributed by atoms with Crippen molar-refractivity contribution >= 4 is 53.4 Å². The minimum absolute atomic E-state index is 0. The molecular weight excluding hydrogens is 385 g/mol. The van der Waals surface area contributed by atoms with Crippen molar-refractivity contribution < 1.29 is 4.79 Å². The highest BCUT2D eigenvalue weighted by molar-refractivity contribution is 7.20. The average Bonchev–Trinajstić information content (AvgIpc) is 3.24. The number of thiazole rings is 1. The van der Waals surface area contributed by atoms with Gasteiger partial charge in [0.15, 0.2) is 0 Å². The van der Waals surface area contributed by atoms with Gasteiger partial charge in [-0.05, 0) is 30.8 Å². The maximum atomic E-state index is 12.7. The first-order chi connectivity index (χ1) is 10.8. The molecular formula is C16H23Cl2N3OS2. The van der Waals surface area contributed by atoms with Crippen LogP contribution in [-0.4, -0.2) is 41.5 Å². The molecule has 1 aliphatic heterocycles. The van der Waals surface area contributed by atoms with Crippen molar-refractivity contribution in [1.82, 2.24) is 15.2 Å². The Labute approximate surface area is 163 Å². The highest BCUT2D eigenvalue weighted by Gasteiger charge is 2.26. The number of hydrogen-bond donors (Lipinski definition) is 1. The molecule has 0 bridgehead atoms. The summed E-state index contributed by atoms with van der Waals surface area (Å²) in [5, 5.41) is 8.43. The molecule has 0 saturated carbocycles. The molecule has 0 aromatic carbocycles. The Kier molecular flexibility index (Phi) is 9.23. The van der Waals surface area contributed by atoms with Crippen molar-refractivity contribution in [3.8, 4) is 9.88 Å². The fourth-order valence-corrected chi connectivity index (χ4v) is 4.45. The fourth-order valence-electron chi connectivity index (χ4n) is 2.82. The average molecular weight is 408 g/mol. The van der Waals surface area contributed by atoms with Crippen LogP contribution in [0.4, 0.5) is 0 Å². The van der Waals surface area contributed by atoms with E-state index in [1.54, 1.807) is 22.7 Å². The maximum absolute atomic E-state index is 12.7. The monoisotopic (exact) mass is 407 g/mol. The summed E-state index contributed by atoms with van der Waals surface area (Å²) in [6, 6.07) is 4.45. The Balaban J connectivity index is 0.00000144. The van der Waals surface area contributed by atoms with Gasteiger partial charge in [-0.3, -0.25) is 4.79 Å². The van der Waals surface area contributed by atoms with Crippen LogP contribution in [0.25, 0.3) is 9.88 Å². The molecule has 0 radical (unpaired) electrons. The second kappa shape index (κ2) is 10.4. The van der Waals surface area contributed by atoms with E-state index in [9.17, 15) is 4.79 Å². The molecule has 1 fully saturated rings. The van der Waals surface area contributed by atoms with Crippen LogP contribution in [0, 0.1) is 0 Å². The van der Waals surface area contributed by atoms with Gasteiger partial charge in [-0.2, -0.15) is 0 Å². The smallest absolute Gasteiger partial charge is 0.228 e. The molecule has 0 spiro atoms. The molecule has 1 N–H and O–H groups in total. The van der Waals surface area contributed by atoms with Crippen molar-refractivity contribution in [3.05, 3.63) is 28.6 Å². The summed E-state index contributed by atoms with van der Waals surface area (Å²) in [7, 11) is 0. The highest BCUT2D eigenvalue weighted by atomic mass is 35.5. The first kappa shape index (κ1) is 21.4. The van der Waals surface area contributed by atoms with E-state index in [0.29, 0.717) is 12.5 Å². The second-order valence-electron chi connectivity index (χ2n) is 5.53. The Bertz CT molecular complexity index is 613. The predicted octanol–water partition coefficient (Wildman–Crippen LogP) is 3.86. The third-order valence-electron chi connectivity index (χ3n) is 3.88. The molecule has 8 heteroatoms. The number of carbonyl (C=O) groups excluding carboxylic acids is 1. The highest BCUT2D eigenvalue weighted by Crippen LogP contribution is 2.28. The summed E-state index contributed by atoms with van der Waals surface area (Å²) in [6.07, 6.45) is 2.47. The van der Waals surface area contributed by atoms with Crippen molar-refractivity contribution in [2.45, 2.75) is 32.2 Å². The topological polar surface area (TPSA) is 45.2 Å². The van der Waals surface area contributed by atoms with E-state index in [1.807, 2.05) is 16.3 Å². The number of hydrogen-bond acceptors (Lipinski definition) is 5. The van der Waals surface area contributed by atoms with Gasteiger partial charge in [0, 0.05) is 24.5 Å². The summed E-state index contributed by atoms with van der Waals surface area (Å²) < 4.78 is 0. The van der Waals surface area contributed by atoms with Gasteiger partial charge < -0.3 is 10.2 Å². The van der Waals surface area contributed by atoms with E-state index < -0.39 is 0 Å². The van der Waals surface area contributed by atoms with Crippen LogP contribution in [-0.2, 0) is 11.2 Å². The van der Waals surface area contributed by atoms with Crippen molar-refractivity contribution in [2.75, 3.05) is 19.6 Å². The molecule has 0 aliphatic carbocycles. The van der Waals surface area contributed by atoms with Gasteiger partial charge >= 0.3 is 0 Å². The molecule has 24 heavy (non-hydrogen) atoms. The Morgan fingerprint density at radius 3 is 2.88 bits per heavy atom. The van der Waals surface area contributed by atoms with Gasteiger partial charge in [0.25, 0.3) is 0 Å². The van der Waals surface area contributed by atoms with E-state index in [4.69, 9.17) is 0 Å². The van der Waals surface area contributed by atoms with E-state index in [1.165, 1.54) is 4.88 Å². The number of amides is 1. The zero-order chi connectivity index (χ0) is 15.4. The lowest BCUT2D eigenvalue weighted by Gasteiger charge is -2.28. The molecule has 2 aromatic heterocycles. The van der Waals surface area contributed by atoms with Gasteiger partial charge in [-0.1, -0.05) is 13.0 Å². The third-order valence-corrected chi connectivity index (χ3v) is 5.81. The van der Waals surface area contributed by atoms with Crippen LogP contribution in [0.2, 0.25) is 0 Å². The number of halogens is 2. The van der Waals surface area contributed by atoms with Crippen molar-refractivity contribution in [3.63, 3.8) is 0 Å². The van der Waals surface area contributed by atoms with Crippen LogP contribution in [0.15, 0.2) is 22.9 Å². The number of nitrogens with one attached hydrogen (secondary N) is 1. The van der Waals surface area contributed by atoms with Crippen LogP contribution in [0.3, 0.4) is 0 Å². The summed E-state index contributed by atoms with van der Waals surface area (Å²) in [6.45, 7) is 4.90. The first-order valence-corrected chi connectivity index (χ1v) is 9.52. The minimum Gasteiger partial charge on any atom is -0.338 e. The molecule has 1 aliphatic rings. The van der Waals surface area contributed by atoms with Crippen LogP contribution >= 0.6 is 47.5 Å².